The van der Waals surface area contributed by atoms with E-state index in [4.69, 9.17) is 0 Å². The number of nitrogens with one attached hydrogen (secondary N) is 2. The molecule has 1 spiro atoms. The van der Waals surface area contributed by atoms with Gasteiger partial charge in [-0.15, -0.1) is 0 Å². The summed E-state index contributed by atoms with van der Waals surface area (Å²) in [6.45, 7) is 4.18. The first kappa shape index (κ1) is 20.3. The zero-order valence-corrected chi connectivity index (χ0v) is 19.2. The molecule has 2 aromatic rings. The Kier molecular flexibility index (Phi) is 4.54. The summed E-state index contributed by atoms with van der Waals surface area (Å²) in [6.07, 6.45) is 9.54. The van der Waals surface area contributed by atoms with Gasteiger partial charge < -0.3 is 10.6 Å². The molecule has 1 aromatic heterocycles. The number of rotatable bonds is 3. The van der Waals surface area contributed by atoms with E-state index in [0.29, 0.717) is 0 Å². The minimum atomic E-state index is -0.558. The highest BCUT2D eigenvalue weighted by molar-refractivity contribution is 6.00. The molecule has 3 aliphatic heterocycles. The highest BCUT2D eigenvalue weighted by Gasteiger charge is 2.54. The molecule has 2 atom stereocenters. The summed E-state index contributed by atoms with van der Waals surface area (Å²) in [5.74, 6) is 0.0592. The molecular formula is C27H29N5O. The van der Waals surface area contributed by atoms with Crippen LogP contribution in [0.4, 0.5) is 0 Å². The Hall–Kier alpha value is -3.28. The minimum absolute atomic E-state index is 0.0592. The summed E-state index contributed by atoms with van der Waals surface area (Å²) < 4.78 is 0. The summed E-state index contributed by atoms with van der Waals surface area (Å²) in [5.41, 5.74) is 6.64. The van der Waals surface area contributed by atoms with Crippen molar-refractivity contribution >= 4 is 5.91 Å². The zero-order valence-electron chi connectivity index (χ0n) is 19.2. The molecule has 2 N–H and O–H groups in total. The maximum Gasteiger partial charge on any atom is 0.250 e. The number of azo groups is 1. The summed E-state index contributed by atoms with van der Waals surface area (Å²) in [6, 6.07) is 12.7. The van der Waals surface area contributed by atoms with Crippen molar-refractivity contribution in [1.82, 2.24) is 15.6 Å². The molecule has 6 nitrogen and oxygen atoms in total. The number of nitrogens with zero attached hydrogens (tertiary/aromatic N) is 3. The van der Waals surface area contributed by atoms with Crippen LogP contribution < -0.4 is 10.6 Å². The number of fused-ring (bicyclic) bond motifs is 1. The van der Waals surface area contributed by atoms with Gasteiger partial charge in [-0.1, -0.05) is 38.0 Å². The summed E-state index contributed by atoms with van der Waals surface area (Å²) in [4.78, 5) is 18.2. The first-order valence-corrected chi connectivity index (χ1v) is 12.0. The summed E-state index contributed by atoms with van der Waals surface area (Å²) >= 11 is 0. The van der Waals surface area contributed by atoms with Gasteiger partial charge in [0.1, 0.15) is 0 Å². The smallest absolute Gasteiger partial charge is 0.250 e. The fraction of sp³-hybridized carbons (Fsp3) is 0.407. The van der Waals surface area contributed by atoms with Crippen molar-refractivity contribution in [3.8, 4) is 11.1 Å². The lowest BCUT2D eigenvalue weighted by Gasteiger charge is -2.49. The van der Waals surface area contributed by atoms with Gasteiger partial charge in [0, 0.05) is 35.1 Å². The number of aryl methyl sites for hydroxylation is 1. The molecule has 0 bridgehead atoms. The quantitative estimate of drug-likeness (QED) is 0.701. The number of hydrogen-bond acceptors (Lipinski definition) is 5. The third-order valence-corrected chi connectivity index (χ3v) is 8.00. The standard InChI is InChI=1S/C27H29N5O/c1-3-27(20-8-6-7-18(14-20)19-9-12-28-17(2)13-19)21-16-29-32-24(21)30-22-15-26(10-4-5-11-26)31-25(33)23(22)27/h6-9,12-14,16,24,30H,3-5,10-11,15H2,1-2H3,(H,31,33)/t24?,27-/m0/s1. The van der Waals surface area contributed by atoms with Crippen molar-refractivity contribution in [2.45, 2.75) is 69.5 Å². The largest absolute Gasteiger partial charge is 0.362 e. The van der Waals surface area contributed by atoms with E-state index in [1.54, 1.807) is 0 Å². The van der Waals surface area contributed by atoms with Crippen LogP contribution in [0.1, 0.15) is 56.7 Å². The summed E-state index contributed by atoms with van der Waals surface area (Å²) in [7, 11) is 0. The molecule has 6 rings (SSSR count). The molecule has 168 valence electrons. The number of benzene rings is 1. The van der Waals surface area contributed by atoms with E-state index in [0.717, 1.165) is 64.9 Å². The number of hydrogen-bond donors (Lipinski definition) is 2. The van der Waals surface area contributed by atoms with Gasteiger partial charge in [-0.05, 0) is 61.1 Å². The molecule has 1 aliphatic carbocycles. The van der Waals surface area contributed by atoms with Crippen molar-refractivity contribution in [3.05, 3.63) is 76.9 Å². The maximum absolute atomic E-state index is 13.8. The molecule has 4 aliphatic rings. The van der Waals surface area contributed by atoms with Gasteiger partial charge in [0.15, 0.2) is 6.17 Å². The minimum Gasteiger partial charge on any atom is -0.362 e. The van der Waals surface area contributed by atoms with E-state index < -0.39 is 5.41 Å². The van der Waals surface area contributed by atoms with Crippen LogP contribution in [0.15, 0.2) is 75.9 Å². The summed E-state index contributed by atoms with van der Waals surface area (Å²) in [5, 5.41) is 15.8. The van der Waals surface area contributed by atoms with Gasteiger partial charge >= 0.3 is 0 Å². The molecule has 0 radical (unpaired) electrons. The fourth-order valence-electron chi connectivity index (χ4n) is 6.48. The number of pyridine rings is 1. The lowest BCUT2D eigenvalue weighted by molar-refractivity contribution is -0.121. The van der Waals surface area contributed by atoms with Crippen LogP contribution >= 0.6 is 0 Å². The molecule has 0 saturated heterocycles. The Balaban J connectivity index is 1.54. The second-order valence-corrected chi connectivity index (χ2v) is 9.86. The molecule has 1 unspecified atom stereocenters. The van der Waals surface area contributed by atoms with E-state index >= 15 is 0 Å². The van der Waals surface area contributed by atoms with Gasteiger partial charge in [-0.2, -0.15) is 10.2 Å². The van der Waals surface area contributed by atoms with Gasteiger partial charge in [-0.3, -0.25) is 9.78 Å². The van der Waals surface area contributed by atoms with E-state index in [1.807, 2.05) is 25.4 Å². The molecule has 6 heteroatoms. The SMILES string of the molecule is CC[C@]1(c2cccc(-c3ccnc(C)c3)c2)C2=CN=NC2NC2=C1C(=O)NC1(CCCC1)C2. The molecule has 1 fully saturated rings. The molecule has 4 heterocycles. The van der Waals surface area contributed by atoms with Gasteiger partial charge in [0.05, 0.1) is 17.2 Å². The second-order valence-electron chi connectivity index (χ2n) is 9.86. The lowest BCUT2D eigenvalue weighted by atomic mass is 9.61. The number of aromatic nitrogens is 1. The van der Waals surface area contributed by atoms with Crippen LogP contribution in [0.2, 0.25) is 0 Å². The average molecular weight is 440 g/mol. The fourth-order valence-corrected chi connectivity index (χ4v) is 6.48. The van der Waals surface area contributed by atoms with Gasteiger partial charge in [0.2, 0.25) is 0 Å². The molecular weight excluding hydrogens is 410 g/mol. The van der Waals surface area contributed by atoms with Crippen LogP contribution in [0.5, 0.6) is 0 Å². The average Bonchev–Trinajstić information content (AvgIpc) is 3.47. The topological polar surface area (TPSA) is 78.7 Å². The monoisotopic (exact) mass is 439 g/mol. The Bertz CT molecular complexity index is 1240. The van der Waals surface area contributed by atoms with Crippen LogP contribution in [0.3, 0.4) is 0 Å². The normalized spacial score (nSPS) is 27.2. The molecule has 1 aromatic carbocycles. The zero-order chi connectivity index (χ0) is 22.6. The van der Waals surface area contributed by atoms with E-state index in [-0.39, 0.29) is 17.6 Å². The Morgan fingerprint density at radius 1 is 1.12 bits per heavy atom. The van der Waals surface area contributed by atoms with Crippen molar-refractivity contribution < 1.29 is 4.79 Å². The third-order valence-electron chi connectivity index (χ3n) is 8.00. The van der Waals surface area contributed by atoms with Crippen LogP contribution in [0, 0.1) is 6.92 Å². The predicted molar refractivity (Wildman–Crippen MR) is 127 cm³/mol. The molecule has 1 saturated carbocycles. The third kappa shape index (κ3) is 3.00. The van der Waals surface area contributed by atoms with Crippen LogP contribution in [-0.4, -0.2) is 22.6 Å². The predicted octanol–water partition coefficient (Wildman–Crippen LogP) is 5.07. The van der Waals surface area contributed by atoms with E-state index in [1.165, 1.54) is 12.8 Å². The first-order chi connectivity index (χ1) is 16.0. The molecule has 1 amide bonds. The highest BCUT2D eigenvalue weighted by atomic mass is 16.2. The Labute approximate surface area is 194 Å². The highest BCUT2D eigenvalue weighted by Crippen LogP contribution is 2.53. The number of carbonyl (C=O) groups is 1. The van der Waals surface area contributed by atoms with Crippen LogP contribution in [-0.2, 0) is 10.2 Å². The number of carbonyl (C=O) groups excluding carboxylic acids is 1. The van der Waals surface area contributed by atoms with E-state index in [9.17, 15) is 4.79 Å². The van der Waals surface area contributed by atoms with Crippen molar-refractivity contribution in [1.29, 1.82) is 0 Å². The van der Waals surface area contributed by atoms with Crippen molar-refractivity contribution in [3.63, 3.8) is 0 Å². The second kappa shape index (κ2) is 7.37. The Morgan fingerprint density at radius 3 is 2.73 bits per heavy atom. The number of amides is 1. The maximum atomic E-state index is 13.8. The van der Waals surface area contributed by atoms with Crippen molar-refractivity contribution in [2.24, 2.45) is 10.2 Å². The lowest BCUT2D eigenvalue weighted by Crippen LogP contribution is -2.59. The van der Waals surface area contributed by atoms with Crippen molar-refractivity contribution in [2.75, 3.05) is 0 Å². The molecule has 33 heavy (non-hydrogen) atoms. The van der Waals surface area contributed by atoms with Gasteiger partial charge in [-0.25, -0.2) is 0 Å². The first-order valence-electron chi connectivity index (χ1n) is 12.0. The van der Waals surface area contributed by atoms with E-state index in [2.05, 4.69) is 63.1 Å². The van der Waals surface area contributed by atoms with Crippen LogP contribution in [0.25, 0.3) is 11.1 Å². The van der Waals surface area contributed by atoms with Gasteiger partial charge in [0.25, 0.3) is 5.91 Å². The Morgan fingerprint density at radius 2 is 1.94 bits per heavy atom.